The van der Waals surface area contributed by atoms with Crippen molar-refractivity contribution in [2.45, 2.75) is 25.9 Å². The zero-order valence-corrected chi connectivity index (χ0v) is 12.1. The van der Waals surface area contributed by atoms with Crippen LogP contribution in [0.25, 0.3) is 0 Å². The molecule has 1 N–H and O–H groups in total. The van der Waals surface area contributed by atoms with Gasteiger partial charge in [0.15, 0.2) is 0 Å². The average Bonchev–Trinajstić information content (AvgIpc) is 2.44. The van der Waals surface area contributed by atoms with Gasteiger partial charge in [-0.1, -0.05) is 11.6 Å². The van der Waals surface area contributed by atoms with Crippen LogP contribution >= 0.6 is 11.6 Å². The van der Waals surface area contributed by atoms with E-state index in [-0.39, 0.29) is 12.3 Å². The second-order valence-corrected chi connectivity index (χ2v) is 5.52. The van der Waals surface area contributed by atoms with Crippen molar-refractivity contribution in [1.82, 2.24) is 5.32 Å². The largest absolute Gasteiger partial charge is 0.376 e. The number of rotatable bonds is 6. The summed E-state index contributed by atoms with van der Waals surface area (Å²) in [6.07, 6.45) is 3.43. The molecule has 110 valence electrons. The van der Waals surface area contributed by atoms with Gasteiger partial charge in [0.05, 0.1) is 17.1 Å². The van der Waals surface area contributed by atoms with E-state index in [1.54, 1.807) is 6.07 Å². The molecule has 1 fully saturated rings. The second kappa shape index (κ2) is 7.57. The van der Waals surface area contributed by atoms with E-state index in [9.17, 15) is 10.1 Å². The van der Waals surface area contributed by atoms with Gasteiger partial charge in [0.1, 0.15) is 0 Å². The Labute approximate surface area is 123 Å². The van der Waals surface area contributed by atoms with Crippen molar-refractivity contribution in [2.75, 3.05) is 19.7 Å². The van der Waals surface area contributed by atoms with Gasteiger partial charge in [-0.05, 0) is 50.4 Å². The SMILES string of the molecule is O=[N+]([O-])c1ccc(Cl)cc1COCCC1CCCNC1. The molecule has 1 unspecified atom stereocenters. The number of piperidine rings is 1. The monoisotopic (exact) mass is 298 g/mol. The smallest absolute Gasteiger partial charge is 0.275 e. The molecule has 6 heteroatoms. The summed E-state index contributed by atoms with van der Waals surface area (Å²) in [6, 6.07) is 4.55. The first-order valence-electron chi connectivity index (χ1n) is 6.88. The predicted octanol–water partition coefficient (Wildman–Crippen LogP) is 3.15. The molecule has 0 spiro atoms. The lowest BCUT2D eigenvalue weighted by atomic mass is 9.97. The Kier molecular flexibility index (Phi) is 5.76. The first kappa shape index (κ1) is 15.2. The van der Waals surface area contributed by atoms with Gasteiger partial charge in [0.25, 0.3) is 5.69 Å². The maximum Gasteiger partial charge on any atom is 0.275 e. The second-order valence-electron chi connectivity index (χ2n) is 5.08. The van der Waals surface area contributed by atoms with Crippen LogP contribution in [0.2, 0.25) is 5.02 Å². The van der Waals surface area contributed by atoms with Crippen molar-refractivity contribution in [1.29, 1.82) is 0 Å². The van der Waals surface area contributed by atoms with Crippen LogP contribution in [-0.2, 0) is 11.3 Å². The summed E-state index contributed by atoms with van der Waals surface area (Å²) in [5.41, 5.74) is 0.595. The van der Waals surface area contributed by atoms with E-state index in [4.69, 9.17) is 16.3 Å². The number of hydrogen-bond acceptors (Lipinski definition) is 4. The summed E-state index contributed by atoms with van der Waals surface area (Å²) in [5, 5.41) is 14.8. The number of nitrogens with zero attached hydrogens (tertiary/aromatic N) is 1. The molecule has 5 nitrogen and oxygen atoms in total. The van der Waals surface area contributed by atoms with Crippen LogP contribution in [0.5, 0.6) is 0 Å². The van der Waals surface area contributed by atoms with Gasteiger partial charge in [-0.15, -0.1) is 0 Å². The van der Waals surface area contributed by atoms with Crippen LogP contribution in [0.3, 0.4) is 0 Å². The Morgan fingerprint density at radius 3 is 3.05 bits per heavy atom. The Morgan fingerprint density at radius 1 is 1.50 bits per heavy atom. The van der Waals surface area contributed by atoms with E-state index in [1.807, 2.05) is 0 Å². The molecule has 20 heavy (non-hydrogen) atoms. The number of benzene rings is 1. The lowest BCUT2D eigenvalue weighted by molar-refractivity contribution is -0.385. The fourth-order valence-electron chi connectivity index (χ4n) is 2.45. The Balaban J connectivity index is 1.81. The van der Waals surface area contributed by atoms with Gasteiger partial charge in [0, 0.05) is 17.7 Å². The molecule has 1 heterocycles. The molecule has 1 aliphatic heterocycles. The molecule has 0 radical (unpaired) electrons. The molecule has 0 aliphatic carbocycles. The Morgan fingerprint density at radius 2 is 2.35 bits per heavy atom. The molecule has 1 saturated heterocycles. The third-order valence-corrected chi connectivity index (χ3v) is 3.80. The van der Waals surface area contributed by atoms with Gasteiger partial charge in [0.2, 0.25) is 0 Å². The van der Waals surface area contributed by atoms with Crippen LogP contribution < -0.4 is 5.32 Å². The topological polar surface area (TPSA) is 64.4 Å². The highest BCUT2D eigenvalue weighted by atomic mass is 35.5. The minimum atomic E-state index is -0.403. The van der Waals surface area contributed by atoms with Gasteiger partial charge >= 0.3 is 0 Å². The van der Waals surface area contributed by atoms with Crippen molar-refractivity contribution in [3.05, 3.63) is 38.9 Å². The summed E-state index contributed by atoms with van der Waals surface area (Å²) in [4.78, 5) is 10.5. The summed E-state index contributed by atoms with van der Waals surface area (Å²) in [7, 11) is 0. The van der Waals surface area contributed by atoms with Crippen LogP contribution in [0, 0.1) is 16.0 Å². The summed E-state index contributed by atoms with van der Waals surface area (Å²) >= 11 is 5.87. The number of nitro groups is 1. The molecule has 0 bridgehead atoms. The zero-order chi connectivity index (χ0) is 14.4. The number of nitrogens with one attached hydrogen (secondary N) is 1. The zero-order valence-electron chi connectivity index (χ0n) is 11.3. The number of hydrogen-bond donors (Lipinski definition) is 1. The standard InChI is InChI=1S/C14H19ClN2O3/c15-13-3-4-14(17(18)19)12(8-13)10-20-7-5-11-2-1-6-16-9-11/h3-4,8,11,16H,1-2,5-7,9-10H2. The van der Waals surface area contributed by atoms with E-state index in [2.05, 4.69) is 5.32 Å². The van der Waals surface area contributed by atoms with Crippen molar-refractivity contribution >= 4 is 17.3 Å². The van der Waals surface area contributed by atoms with Gasteiger partial charge < -0.3 is 10.1 Å². The van der Waals surface area contributed by atoms with Crippen LogP contribution in [-0.4, -0.2) is 24.6 Å². The number of nitro benzene ring substituents is 1. The van der Waals surface area contributed by atoms with E-state index in [0.29, 0.717) is 23.1 Å². The Bertz CT molecular complexity index is 462. The summed E-state index contributed by atoms with van der Waals surface area (Å²) in [5.74, 6) is 0.651. The highest BCUT2D eigenvalue weighted by Crippen LogP contribution is 2.23. The lowest BCUT2D eigenvalue weighted by Crippen LogP contribution is -2.30. The maximum absolute atomic E-state index is 10.9. The van der Waals surface area contributed by atoms with Gasteiger partial charge in [-0.2, -0.15) is 0 Å². The van der Waals surface area contributed by atoms with Crippen molar-refractivity contribution in [2.24, 2.45) is 5.92 Å². The first-order chi connectivity index (χ1) is 9.66. The lowest BCUT2D eigenvalue weighted by Gasteiger charge is -2.22. The molecular weight excluding hydrogens is 280 g/mol. The molecular formula is C14H19ClN2O3. The maximum atomic E-state index is 10.9. The quantitative estimate of drug-likeness (QED) is 0.498. The fraction of sp³-hybridized carbons (Fsp3) is 0.571. The predicted molar refractivity (Wildman–Crippen MR) is 78.0 cm³/mol. The van der Waals surface area contributed by atoms with Crippen molar-refractivity contribution < 1.29 is 9.66 Å². The van der Waals surface area contributed by atoms with E-state index >= 15 is 0 Å². The van der Waals surface area contributed by atoms with Crippen molar-refractivity contribution in [3.63, 3.8) is 0 Å². The molecule has 1 atom stereocenters. The summed E-state index contributed by atoms with van der Waals surface area (Å²) < 4.78 is 5.58. The molecule has 1 aromatic carbocycles. The minimum Gasteiger partial charge on any atom is -0.376 e. The molecule has 1 aliphatic rings. The molecule has 1 aromatic rings. The molecule has 0 aromatic heterocycles. The highest BCUT2D eigenvalue weighted by molar-refractivity contribution is 6.30. The van der Waals surface area contributed by atoms with Crippen LogP contribution in [0.4, 0.5) is 5.69 Å². The van der Waals surface area contributed by atoms with Crippen molar-refractivity contribution in [3.8, 4) is 0 Å². The molecule has 0 saturated carbocycles. The first-order valence-corrected chi connectivity index (χ1v) is 7.26. The van der Waals surface area contributed by atoms with E-state index in [1.165, 1.54) is 25.0 Å². The minimum absolute atomic E-state index is 0.0636. The van der Waals surface area contributed by atoms with Crippen LogP contribution in [0.15, 0.2) is 18.2 Å². The third-order valence-electron chi connectivity index (χ3n) is 3.57. The van der Waals surface area contributed by atoms with Crippen LogP contribution in [0.1, 0.15) is 24.8 Å². The number of halogens is 1. The molecule has 2 rings (SSSR count). The van der Waals surface area contributed by atoms with E-state index < -0.39 is 4.92 Å². The van der Waals surface area contributed by atoms with Gasteiger partial charge in [-0.3, -0.25) is 10.1 Å². The fourth-order valence-corrected chi connectivity index (χ4v) is 2.65. The highest BCUT2D eigenvalue weighted by Gasteiger charge is 2.15. The third kappa shape index (κ3) is 4.44. The number of ether oxygens (including phenoxy) is 1. The van der Waals surface area contributed by atoms with E-state index in [0.717, 1.165) is 19.5 Å². The molecule has 0 amide bonds. The Hall–Kier alpha value is -1.17. The summed E-state index contributed by atoms with van der Waals surface area (Å²) in [6.45, 7) is 3.00. The van der Waals surface area contributed by atoms with Gasteiger partial charge in [-0.25, -0.2) is 0 Å². The normalized spacial score (nSPS) is 18.9. The average molecular weight is 299 g/mol.